The predicted octanol–water partition coefficient (Wildman–Crippen LogP) is 2.68. The minimum Gasteiger partial charge on any atom is -0.449 e. The molecule has 23 heavy (non-hydrogen) atoms. The van der Waals surface area contributed by atoms with Gasteiger partial charge in [0.15, 0.2) is 23.6 Å². The zero-order valence-electron chi connectivity index (χ0n) is 11.8. The summed E-state index contributed by atoms with van der Waals surface area (Å²) >= 11 is 0. The van der Waals surface area contributed by atoms with Gasteiger partial charge < -0.3 is 10.1 Å². The Bertz CT molecular complexity index is 738. The molecule has 0 bridgehead atoms. The molecular weight excluding hydrogens is 313 g/mol. The lowest BCUT2D eigenvalue weighted by Gasteiger charge is -2.14. The fourth-order valence-electron chi connectivity index (χ4n) is 1.63. The molecule has 0 spiro atoms. The maximum Gasteiger partial charge on any atom is 0.339 e. The number of ether oxygens (including phenoxy) is 1. The van der Waals surface area contributed by atoms with Gasteiger partial charge in [0.05, 0.1) is 11.3 Å². The van der Waals surface area contributed by atoms with Crippen molar-refractivity contribution in [2.24, 2.45) is 0 Å². The number of anilines is 1. The third kappa shape index (κ3) is 3.85. The lowest BCUT2D eigenvalue weighted by atomic mass is 10.2. The Kier molecular flexibility index (Phi) is 4.95. The van der Waals surface area contributed by atoms with Gasteiger partial charge in [-0.25, -0.2) is 18.0 Å². The molecule has 1 atom stereocenters. The molecule has 2 aromatic rings. The first-order valence-electron chi connectivity index (χ1n) is 6.45. The number of carbonyl (C=O) groups is 2. The van der Waals surface area contributed by atoms with Gasteiger partial charge in [-0.05, 0) is 31.2 Å². The van der Waals surface area contributed by atoms with Crippen molar-refractivity contribution >= 4 is 17.6 Å². The summed E-state index contributed by atoms with van der Waals surface area (Å²) in [6, 6.07) is 4.31. The molecule has 5 nitrogen and oxygen atoms in total. The smallest absolute Gasteiger partial charge is 0.339 e. The number of nitrogens with zero attached hydrogens (tertiary/aromatic N) is 1. The van der Waals surface area contributed by atoms with Crippen LogP contribution >= 0.6 is 0 Å². The molecule has 1 amide bonds. The van der Waals surface area contributed by atoms with Gasteiger partial charge in [0, 0.05) is 12.4 Å². The molecule has 1 heterocycles. The summed E-state index contributed by atoms with van der Waals surface area (Å²) in [5, 5.41) is 2.02. The summed E-state index contributed by atoms with van der Waals surface area (Å²) < 4.78 is 44.3. The molecule has 0 fully saturated rings. The number of pyridine rings is 1. The first-order valence-corrected chi connectivity index (χ1v) is 6.45. The molecule has 0 unspecified atom stereocenters. The first-order chi connectivity index (χ1) is 10.9. The number of carbonyl (C=O) groups excluding carboxylic acids is 2. The average molecular weight is 324 g/mol. The molecule has 1 aromatic carbocycles. The van der Waals surface area contributed by atoms with Gasteiger partial charge in [0.2, 0.25) is 0 Å². The maximum atomic E-state index is 13.5. The fourth-order valence-corrected chi connectivity index (χ4v) is 1.63. The van der Waals surface area contributed by atoms with E-state index in [0.29, 0.717) is 6.07 Å². The minimum absolute atomic E-state index is 0.179. The summed E-state index contributed by atoms with van der Waals surface area (Å²) in [5.41, 5.74) is -0.376. The number of esters is 1. The first kappa shape index (κ1) is 16.5. The Morgan fingerprint density at radius 2 is 1.74 bits per heavy atom. The van der Waals surface area contributed by atoms with Crippen molar-refractivity contribution in [3.8, 4) is 0 Å². The van der Waals surface area contributed by atoms with Crippen molar-refractivity contribution in [1.29, 1.82) is 0 Å². The fraction of sp³-hybridized carbons (Fsp3) is 0.133. The Balaban J connectivity index is 2.03. The summed E-state index contributed by atoms with van der Waals surface area (Å²) in [4.78, 5) is 27.3. The molecule has 0 radical (unpaired) electrons. The van der Waals surface area contributed by atoms with E-state index in [4.69, 9.17) is 4.74 Å². The van der Waals surface area contributed by atoms with Crippen LogP contribution in [0.2, 0.25) is 0 Å². The second-order valence-corrected chi connectivity index (χ2v) is 4.50. The average Bonchev–Trinajstić information content (AvgIpc) is 2.56. The Morgan fingerprint density at radius 1 is 1.09 bits per heavy atom. The highest BCUT2D eigenvalue weighted by Gasteiger charge is 2.21. The number of hydrogen-bond donors (Lipinski definition) is 1. The molecule has 1 N–H and O–H groups in total. The third-order valence-electron chi connectivity index (χ3n) is 2.86. The van der Waals surface area contributed by atoms with Crippen LogP contribution in [0.4, 0.5) is 18.9 Å². The van der Waals surface area contributed by atoms with Crippen molar-refractivity contribution in [3.63, 3.8) is 0 Å². The minimum atomic E-state index is -1.70. The summed E-state index contributed by atoms with van der Waals surface area (Å²) in [6.07, 6.45) is 1.47. The van der Waals surface area contributed by atoms with Crippen LogP contribution in [0.15, 0.2) is 36.7 Å². The Labute approximate surface area is 129 Å². The molecule has 2 rings (SSSR count). The van der Waals surface area contributed by atoms with Gasteiger partial charge in [0.25, 0.3) is 5.91 Å². The number of halogens is 3. The normalized spacial score (nSPS) is 11.7. The standard InChI is InChI=1S/C15H11F3N2O3/c1-8(23-15(22)9-4-6-19-7-5-9)14(21)20-11-3-2-10(16)12(17)13(11)18/h2-8H,1H3,(H,20,21)/t8-/m0/s1. The number of aromatic nitrogens is 1. The van der Waals surface area contributed by atoms with Crippen molar-refractivity contribution in [2.75, 3.05) is 5.32 Å². The SMILES string of the molecule is C[C@H](OC(=O)c1ccncc1)C(=O)Nc1ccc(F)c(F)c1F. The topological polar surface area (TPSA) is 68.3 Å². The monoisotopic (exact) mass is 324 g/mol. The largest absolute Gasteiger partial charge is 0.449 e. The lowest BCUT2D eigenvalue weighted by Crippen LogP contribution is -2.30. The summed E-state index contributed by atoms with van der Waals surface area (Å²) in [6.45, 7) is 1.26. The van der Waals surface area contributed by atoms with Gasteiger partial charge in [-0.1, -0.05) is 0 Å². The quantitative estimate of drug-likeness (QED) is 0.693. The number of rotatable bonds is 4. The molecule has 0 saturated carbocycles. The van der Waals surface area contributed by atoms with Gasteiger partial charge >= 0.3 is 5.97 Å². The molecule has 0 aliphatic heterocycles. The van der Waals surface area contributed by atoms with Crippen LogP contribution in [0, 0.1) is 17.5 Å². The van der Waals surface area contributed by atoms with E-state index < -0.39 is 41.1 Å². The number of benzene rings is 1. The molecule has 120 valence electrons. The van der Waals surface area contributed by atoms with E-state index in [9.17, 15) is 22.8 Å². The highest BCUT2D eigenvalue weighted by molar-refractivity contribution is 5.97. The third-order valence-corrected chi connectivity index (χ3v) is 2.86. The van der Waals surface area contributed by atoms with Crippen LogP contribution in [0.25, 0.3) is 0 Å². The summed E-state index contributed by atoms with van der Waals surface area (Å²) in [5.74, 6) is -6.29. The maximum absolute atomic E-state index is 13.5. The van der Waals surface area contributed by atoms with Crippen LogP contribution in [-0.4, -0.2) is 23.0 Å². The van der Waals surface area contributed by atoms with Crippen molar-refractivity contribution in [3.05, 3.63) is 59.7 Å². The lowest BCUT2D eigenvalue weighted by molar-refractivity contribution is -0.123. The van der Waals surface area contributed by atoms with Gasteiger partial charge in [0.1, 0.15) is 0 Å². The van der Waals surface area contributed by atoms with E-state index in [0.717, 1.165) is 6.07 Å². The molecular formula is C15H11F3N2O3. The molecule has 0 aliphatic carbocycles. The van der Waals surface area contributed by atoms with E-state index in [1.165, 1.54) is 31.5 Å². The molecule has 0 aliphatic rings. The Hall–Kier alpha value is -2.90. The number of amides is 1. The zero-order chi connectivity index (χ0) is 17.0. The molecule has 0 saturated heterocycles. The van der Waals surface area contributed by atoms with Gasteiger partial charge in [-0.3, -0.25) is 9.78 Å². The molecule has 1 aromatic heterocycles. The van der Waals surface area contributed by atoms with Crippen molar-refractivity contribution in [1.82, 2.24) is 4.98 Å². The van der Waals surface area contributed by atoms with E-state index >= 15 is 0 Å². The van der Waals surface area contributed by atoms with E-state index in [1.54, 1.807) is 0 Å². The van der Waals surface area contributed by atoms with E-state index in [2.05, 4.69) is 4.98 Å². The second kappa shape index (κ2) is 6.91. The van der Waals surface area contributed by atoms with Crippen molar-refractivity contribution in [2.45, 2.75) is 13.0 Å². The van der Waals surface area contributed by atoms with Crippen LogP contribution in [0.5, 0.6) is 0 Å². The van der Waals surface area contributed by atoms with Crippen LogP contribution in [0.3, 0.4) is 0 Å². The summed E-state index contributed by atoms with van der Waals surface area (Å²) in [7, 11) is 0. The van der Waals surface area contributed by atoms with Crippen LogP contribution in [-0.2, 0) is 9.53 Å². The van der Waals surface area contributed by atoms with Crippen LogP contribution in [0.1, 0.15) is 17.3 Å². The van der Waals surface area contributed by atoms with Gasteiger partial charge in [-0.2, -0.15) is 0 Å². The highest BCUT2D eigenvalue weighted by Crippen LogP contribution is 2.20. The number of nitrogens with one attached hydrogen (secondary N) is 1. The van der Waals surface area contributed by atoms with E-state index in [-0.39, 0.29) is 5.56 Å². The van der Waals surface area contributed by atoms with Gasteiger partial charge in [-0.15, -0.1) is 0 Å². The highest BCUT2D eigenvalue weighted by atomic mass is 19.2. The predicted molar refractivity (Wildman–Crippen MR) is 74.1 cm³/mol. The zero-order valence-corrected chi connectivity index (χ0v) is 11.8. The molecule has 8 heteroatoms. The second-order valence-electron chi connectivity index (χ2n) is 4.50. The Morgan fingerprint density at radius 3 is 2.39 bits per heavy atom. The van der Waals surface area contributed by atoms with E-state index in [1.807, 2.05) is 5.32 Å². The van der Waals surface area contributed by atoms with Crippen molar-refractivity contribution < 1.29 is 27.5 Å². The van der Waals surface area contributed by atoms with Crippen LogP contribution < -0.4 is 5.32 Å². The number of hydrogen-bond acceptors (Lipinski definition) is 4.